The van der Waals surface area contributed by atoms with Crippen LogP contribution in [0.2, 0.25) is 0 Å². The fourth-order valence-electron chi connectivity index (χ4n) is 6.74. The molecular weight excluding hydrogens is 609 g/mol. The molecule has 8 rings (SSSR count). The monoisotopic (exact) mass is 643 g/mol. The minimum Gasteiger partial charge on any atom is -0.255 e. The number of aryl methyl sites for hydroxylation is 2. The molecule has 4 aromatic heterocycles. The highest BCUT2D eigenvalue weighted by Crippen LogP contribution is 2.35. The lowest BCUT2D eigenvalue weighted by Gasteiger charge is -2.16. The van der Waals surface area contributed by atoms with Gasteiger partial charge in [0, 0.05) is 46.8 Å². The van der Waals surface area contributed by atoms with Crippen LogP contribution in [0.25, 0.3) is 73.2 Å². The highest BCUT2D eigenvalue weighted by Gasteiger charge is 2.28. The second-order valence-electron chi connectivity index (χ2n) is 12.5. The number of aromatic nitrogens is 4. The molecule has 0 fully saturated rings. The molecule has 0 saturated carbocycles. The minimum atomic E-state index is 0.812. The smallest absolute Gasteiger partial charge is 0.219 e. The van der Waals surface area contributed by atoms with Crippen LogP contribution in [0.15, 0.2) is 176 Å². The first-order chi connectivity index (χ1) is 24.6. The summed E-state index contributed by atoms with van der Waals surface area (Å²) in [4.78, 5) is 14.3. The van der Waals surface area contributed by atoms with Gasteiger partial charge in [0.2, 0.25) is 17.1 Å². The lowest BCUT2D eigenvalue weighted by molar-refractivity contribution is -0.572. The molecule has 0 bridgehead atoms. The van der Waals surface area contributed by atoms with Gasteiger partial charge in [-0.05, 0) is 109 Å². The quantitative estimate of drug-likeness (QED) is 0.162. The van der Waals surface area contributed by atoms with E-state index in [9.17, 15) is 0 Å². The Morgan fingerprint density at radius 2 is 0.760 bits per heavy atom. The standard InChI is InChI=1S/C46H35N4/c1-32-26-37(38-28-42(40-22-12-14-24-47-40)49-43(29-38)41-23-13-15-25-48-41)27-33(2)46(32)50-44(35-18-8-4-9-19-35)30-39(34-16-6-3-7-17-34)31-45(50)36-20-10-5-11-21-36/h3-31H,1-2H3/q+1. The average Bonchev–Trinajstić information content (AvgIpc) is 3.19. The number of nitrogens with zero attached hydrogens (tertiary/aromatic N) is 4. The molecule has 4 heterocycles. The summed E-state index contributed by atoms with van der Waals surface area (Å²) in [7, 11) is 0. The molecule has 4 heteroatoms. The summed E-state index contributed by atoms with van der Waals surface area (Å²) in [5, 5.41) is 0. The molecule has 8 aromatic rings. The molecule has 0 aliphatic carbocycles. The number of benzene rings is 4. The van der Waals surface area contributed by atoms with E-state index in [0.717, 1.165) is 62.1 Å². The van der Waals surface area contributed by atoms with Gasteiger partial charge in [-0.1, -0.05) is 78.9 Å². The van der Waals surface area contributed by atoms with Crippen LogP contribution in [0.3, 0.4) is 0 Å². The number of hydrogen-bond acceptors (Lipinski definition) is 3. The second-order valence-corrected chi connectivity index (χ2v) is 12.5. The minimum absolute atomic E-state index is 0.812. The zero-order chi connectivity index (χ0) is 33.9. The van der Waals surface area contributed by atoms with E-state index in [-0.39, 0.29) is 0 Å². The van der Waals surface area contributed by atoms with Gasteiger partial charge in [0.1, 0.15) is 0 Å². The Bertz CT molecular complexity index is 2270. The summed E-state index contributed by atoms with van der Waals surface area (Å²) in [5.74, 6) is 0. The third kappa shape index (κ3) is 6.11. The fraction of sp³-hybridized carbons (Fsp3) is 0.0435. The molecule has 50 heavy (non-hydrogen) atoms. The summed E-state index contributed by atoms with van der Waals surface area (Å²) < 4.78 is 2.44. The topological polar surface area (TPSA) is 42.6 Å². The molecule has 0 saturated heterocycles. The van der Waals surface area contributed by atoms with Crippen molar-refractivity contribution in [2.75, 3.05) is 0 Å². The first-order valence-electron chi connectivity index (χ1n) is 16.9. The predicted octanol–water partition coefficient (Wildman–Crippen LogP) is 10.8. The molecule has 0 radical (unpaired) electrons. The number of pyridine rings is 4. The summed E-state index contributed by atoms with van der Waals surface area (Å²) in [6.45, 7) is 4.43. The van der Waals surface area contributed by atoms with Gasteiger partial charge in [-0.25, -0.2) is 4.98 Å². The Morgan fingerprint density at radius 1 is 0.360 bits per heavy atom. The van der Waals surface area contributed by atoms with Crippen LogP contribution in [0.1, 0.15) is 11.1 Å². The van der Waals surface area contributed by atoms with Crippen molar-refractivity contribution in [1.82, 2.24) is 15.0 Å². The molecule has 0 atom stereocenters. The average molecular weight is 644 g/mol. The first-order valence-corrected chi connectivity index (χ1v) is 16.9. The van der Waals surface area contributed by atoms with Gasteiger partial charge in [-0.15, -0.1) is 0 Å². The van der Waals surface area contributed by atoms with Gasteiger partial charge in [0.15, 0.2) is 0 Å². The second kappa shape index (κ2) is 13.5. The van der Waals surface area contributed by atoms with Crippen molar-refractivity contribution in [2.45, 2.75) is 13.8 Å². The molecule has 0 amide bonds. The van der Waals surface area contributed by atoms with Crippen LogP contribution >= 0.6 is 0 Å². The van der Waals surface area contributed by atoms with Gasteiger partial charge in [0.25, 0.3) is 0 Å². The summed E-state index contributed by atoms with van der Waals surface area (Å²) in [5.41, 5.74) is 15.9. The predicted molar refractivity (Wildman–Crippen MR) is 203 cm³/mol. The van der Waals surface area contributed by atoms with E-state index in [2.05, 4.69) is 156 Å². The Morgan fingerprint density at radius 3 is 1.20 bits per heavy atom. The van der Waals surface area contributed by atoms with Gasteiger partial charge in [-0.2, -0.15) is 4.57 Å². The third-order valence-electron chi connectivity index (χ3n) is 9.04. The molecule has 0 N–H and O–H groups in total. The molecule has 4 nitrogen and oxygen atoms in total. The Kier molecular flexibility index (Phi) is 8.34. The fourth-order valence-corrected chi connectivity index (χ4v) is 6.74. The van der Waals surface area contributed by atoms with Gasteiger partial charge in [0.05, 0.1) is 22.8 Å². The van der Waals surface area contributed by atoms with Crippen molar-refractivity contribution in [3.63, 3.8) is 0 Å². The van der Waals surface area contributed by atoms with Crippen molar-refractivity contribution >= 4 is 0 Å². The number of hydrogen-bond donors (Lipinski definition) is 0. The maximum atomic E-state index is 5.00. The molecule has 238 valence electrons. The molecule has 0 aliphatic rings. The van der Waals surface area contributed by atoms with Crippen molar-refractivity contribution in [2.24, 2.45) is 0 Å². The summed E-state index contributed by atoms with van der Waals surface area (Å²) in [6, 6.07) is 57.4. The zero-order valence-corrected chi connectivity index (χ0v) is 28.0. The first kappa shape index (κ1) is 30.8. The van der Waals surface area contributed by atoms with E-state index in [1.54, 1.807) is 0 Å². The Hall–Kier alpha value is -6.52. The summed E-state index contributed by atoms with van der Waals surface area (Å²) >= 11 is 0. The molecule has 0 spiro atoms. The van der Waals surface area contributed by atoms with E-state index in [1.807, 2.05) is 48.8 Å². The maximum Gasteiger partial charge on any atom is 0.219 e. The van der Waals surface area contributed by atoms with Gasteiger partial charge in [-0.3, -0.25) is 9.97 Å². The number of rotatable bonds is 7. The van der Waals surface area contributed by atoms with Crippen molar-refractivity contribution in [1.29, 1.82) is 0 Å². The lowest BCUT2D eigenvalue weighted by atomic mass is 9.95. The zero-order valence-electron chi connectivity index (χ0n) is 28.0. The molecular formula is C46H35N4+. The van der Waals surface area contributed by atoms with E-state index < -0.39 is 0 Å². The Labute approximate surface area is 293 Å². The Balaban J connectivity index is 1.36. The van der Waals surface area contributed by atoms with E-state index >= 15 is 0 Å². The van der Waals surface area contributed by atoms with Crippen LogP contribution in [0, 0.1) is 13.8 Å². The largest absolute Gasteiger partial charge is 0.255 e. The van der Waals surface area contributed by atoms with Gasteiger partial charge < -0.3 is 0 Å². The van der Waals surface area contributed by atoms with E-state index in [1.165, 1.54) is 22.3 Å². The van der Waals surface area contributed by atoms with Crippen molar-refractivity contribution in [3.8, 4) is 73.2 Å². The highest BCUT2D eigenvalue weighted by atomic mass is 15.0. The van der Waals surface area contributed by atoms with Crippen LogP contribution < -0.4 is 4.57 Å². The van der Waals surface area contributed by atoms with Gasteiger partial charge >= 0.3 is 0 Å². The maximum absolute atomic E-state index is 5.00. The third-order valence-corrected chi connectivity index (χ3v) is 9.04. The molecule has 0 aliphatic heterocycles. The van der Waals surface area contributed by atoms with Crippen molar-refractivity contribution in [3.05, 3.63) is 187 Å². The van der Waals surface area contributed by atoms with Crippen LogP contribution in [-0.4, -0.2) is 15.0 Å². The van der Waals surface area contributed by atoms with Crippen molar-refractivity contribution < 1.29 is 4.57 Å². The van der Waals surface area contributed by atoms with E-state index in [0.29, 0.717) is 0 Å². The highest BCUT2D eigenvalue weighted by molar-refractivity contribution is 5.78. The lowest BCUT2D eigenvalue weighted by Crippen LogP contribution is -2.38. The SMILES string of the molecule is Cc1cc(-c2cc(-c3ccccn3)nc(-c3ccccn3)c2)cc(C)c1-[n+]1c(-c2ccccc2)cc(-c2ccccc2)cc1-c1ccccc1. The molecule has 4 aromatic carbocycles. The molecule has 0 unspecified atom stereocenters. The van der Waals surface area contributed by atoms with Crippen LogP contribution in [0.5, 0.6) is 0 Å². The van der Waals surface area contributed by atoms with Crippen LogP contribution in [0.4, 0.5) is 0 Å². The van der Waals surface area contributed by atoms with E-state index in [4.69, 9.17) is 4.98 Å². The van der Waals surface area contributed by atoms with Crippen LogP contribution in [-0.2, 0) is 0 Å². The summed E-state index contributed by atoms with van der Waals surface area (Å²) in [6.07, 6.45) is 3.62. The normalized spacial score (nSPS) is 11.0.